The Labute approximate surface area is 138 Å². The van der Waals surface area contributed by atoms with Crippen LogP contribution in [-0.4, -0.2) is 34.7 Å². The topological polar surface area (TPSA) is 50.2 Å². The summed E-state index contributed by atoms with van der Waals surface area (Å²) in [5, 5.41) is 7.51. The number of carbonyl (C=O) groups excluding carboxylic acids is 1. The lowest BCUT2D eigenvalue weighted by Gasteiger charge is -2.08. The second-order valence-electron chi connectivity index (χ2n) is 6.11. The molecule has 0 saturated carbocycles. The van der Waals surface area contributed by atoms with E-state index in [1.165, 1.54) is 5.69 Å². The number of hydrogen-bond acceptors (Lipinski definition) is 3. The van der Waals surface area contributed by atoms with Crippen molar-refractivity contribution in [2.75, 3.05) is 14.1 Å². The molecule has 23 heavy (non-hydrogen) atoms. The minimum absolute atomic E-state index is 0.106. The lowest BCUT2D eigenvalue weighted by atomic mass is 10.1. The van der Waals surface area contributed by atoms with Gasteiger partial charge in [0.05, 0.1) is 11.4 Å². The number of aryl methyl sites for hydroxylation is 1. The third-order valence-electron chi connectivity index (χ3n) is 3.67. The molecule has 0 aliphatic carbocycles. The number of hydrogen-bond donors (Lipinski definition) is 1. The average molecular weight is 314 g/mol. The highest BCUT2D eigenvalue weighted by atomic mass is 16.1. The third kappa shape index (κ3) is 4.93. The van der Waals surface area contributed by atoms with Crippen LogP contribution < -0.4 is 5.32 Å². The van der Waals surface area contributed by atoms with Gasteiger partial charge in [0.25, 0.3) is 0 Å². The van der Waals surface area contributed by atoms with Gasteiger partial charge >= 0.3 is 0 Å². The molecule has 1 aromatic heterocycles. The maximum absolute atomic E-state index is 11.5. The van der Waals surface area contributed by atoms with E-state index in [-0.39, 0.29) is 5.91 Å². The fourth-order valence-electron chi connectivity index (χ4n) is 2.43. The van der Waals surface area contributed by atoms with Gasteiger partial charge in [-0.1, -0.05) is 31.2 Å². The van der Waals surface area contributed by atoms with Crippen molar-refractivity contribution in [3.05, 3.63) is 41.6 Å². The summed E-state index contributed by atoms with van der Waals surface area (Å²) in [5.41, 5.74) is 4.35. The number of aromatic nitrogens is 2. The SMILES string of the molecule is CCCC(=O)NCc1ccc(-c2cc(CN(C)C)n(C)n2)cc1. The molecular weight excluding hydrogens is 288 g/mol. The zero-order valence-corrected chi connectivity index (χ0v) is 14.5. The van der Waals surface area contributed by atoms with Crippen LogP contribution in [0.25, 0.3) is 11.3 Å². The summed E-state index contributed by atoms with van der Waals surface area (Å²) in [5.74, 6) is 0.106. The molecule has 1 N–H and O–H groups in total. The molecule has 0 saturated heterocycles. The molecule has 0 radical (unpaired) electrons. The van der Waals surface area contributed by atoms with Crippen LogP contribution in [0.3, 0.4) is 0 Å². The molecular formula is C18H26N4O. The van der Waals surface area contributed by atoms with Crippen molar-refractivity contribution < 1.29 is 4.79 Å². The molecule has 0 spiro atoms. The molecule has 2 rings (SSSR count). The van der Waals surface area contributed by atoms with E-state index in [9.17, 15) is 4.79 Å². The molecule has 0 aliphatic rings. The monoisotopic (exact) mass is 314 g/mol. The fraction of sp³-hybridized carbons (Fsp3) is 0.444. The predicted molar refractivity (Wildman–Crippen MR) is 92.8 cm³/mol. The summed E-state index contributed by atoms with van der Waals surface area (Å²) in [6.45, 7) is 3.45. The van der Waals surface area contributed by atoms with Gasteiger partial charge in [-0.05, 0) is 32.1 Å². The van der Waals surface area contributed by atoms with Crippen molar-refractivity contribution in [2.24, 2.45) is 7.05 Å². The van der Waals surface area contributed by atoms with E-state index in [0.29, 0.717) is 13.0 Å². The van der Waals surface area contributed by atoms with E-state index in [1.54, 1.807) is 0 Å². The van der Waals surface area contributed by atoms with Crippen LogP contribution in [0.4, 0.5) is 0 Å². The molecule has 1 amide bonds. The van der Waals surface area contributed by atoms with Gasteiger partial charge in [-0.3, -0.25) is 9.48 Å². The number of benzene rings is 1. The average Bonchev–Trinajstić information content (AvgIpc) is 2.86. The first kappa shape index (κ1) is 17.2. The number of nitrogens with zero attached hydrogens (tertiary/aromatic N) is 3. The van der Waals surface area contributed by atoms with Crippen LogP contribution in [0.2, 0.25) is 0 Å². The number of nitrogens with one attached hydrogen (secondary N) is 1. The minimum atomic E-state index is 0.106. The summed E-state index contributed by atoms with van der Waals surface area (Å²) in [4.78, 5) is 13.6. The van der Waals surface area contributed by atoms with Crippen molar-refractivity contribution >= 4 is 5.91 Å². The van der Waals surface area contributed by atoms with Crippen molar-refractivity contribution in [3.63, 3.8) is 0 Å². The van der Waals surface area contributed by atoms with E-state index < -0.39 is 0 Å². The number of amides is 1. The smallest absolute Gasteiger partial charge is 0.220 e. The molecule has 5 heteroatoms. The summed E-state index contributed by atoms with van der Waals surface area (Å²) in [6.07, 6.45) is 1.46. The van der Waals surface area contributed by atoms with Gasteiger partial charge < -0.3 is 10.2 Å². The van der Waals surface area contributed by atoms with Crippen LogP contribution in [0, 0.1) is 0 Å². The van der Waals surface area contributed by atoms with Crippen LogP contribution in [-0.2, 0) is 24.9 Å². The summed E-state index contributed by atoms with van der Waals surface area (Å²) in [7, 11) is 6.07. The van der Waals surface area contributed by atoms with Gasteiger partial charge in [0.2, 0.25) is 5.91 Å². The summed E-state index contributed by atoms with van der Waals surface area (Å²) < 4.78 is 1.92. The zero-order chi connectivity index (χ0) is 16.8. The Kier molecular flexibility index (Phi) is 5.93. The molecule has 1 heterocycles. The van der Waals surface area contributed by atoms with E-state index in [0.717, 1.165) is 29.8 Å². The first-order valence-electron chi connectivity index (χ1n) is 8.03. The molecule has 0 unspecified atom stereocenters. The molecule has 0 atom stereocenters. The quantitative estimate of drug-likeness (QED) is 0.854. The standard InChI is InChI=1S/C18H26N4O/c1-5-6-18(23)19-12-14-7-9-15(10-8-14)17-11-16(13-21(2)3)22(4)20-17/h7-11H,5-6,12-13H2,1-4H3,(H,19,23). The summed E-state index contributed by atoms with van der Waals surface area (Å²) >= 11 is 0. The van der Waals surface area contributed by atoms with E-state index >= 15 is 0 Å². The van der Waals surface area contributed by atoms with Crippen LogP contribution in [0.1, 0.15) is 31.0 Å². The largest absolute Gasteiger partial charge is 0.352 e. The van der Waals surface area contributed by atoms with Crippen molar-refractivity contribution in [2.45, 2.75) is 32.9 Å². The van der Waals surface area contributed by atoms with E-state index in [2.05, 4.69) is 33.5 Å². The maximum Gasteiger partial charge on any atom is 0.220 e. The van der Waals surface area contributed by atoms with Crippen molar-refractivity contribution in [1.29, 1.82) is 0 Å². The second kappa shape index (κ2) is 7.92. The van der Waals surface area contributed by atoms with E-state index in [4.69, 9.17) is 0 Å². The Balaban J connectivity index is 2.03. The molecule has 0 fully saturated rings. The minimum Gasteiger partial charge on any atom is -0.352 e. The lowest BCUT2D eigenvalue weighted by molar-refractivity contribution is -0.121. The molecule has 124 valence electrons. The fourth-order valence-corrected chi connectivity index (χ4v) is 2.43. The molecule has 2 aromatic rings. The summed E-state index contributed by atoms with van der Waals surface area (Å²) in [6, 6.07) is 10.3. The first-order valence-corrected chi connectivity index (χ1v) is 8.03. The lowest BCUT2D eigenvalue weighted by Crippen LogP contribution is -2.21. The highest BCUT2D eigenvalue weighted by molar-refractivity contribution is 5.75. The van der Waals surface area contributed by atoms with Gasteiger partial charge in [-0.25, -0.2) is 0 Å². The third-order valence-corrected chi connectivity index (χ3v) is 3.67. The Morgan fingerprint density at radius 1 is 1.26 bits per heavy atom. The number of rotatable bonds is 7. The second-order valence-corrected chi connectivity index (χ2v) is 6.11. The van der Waals surface area contributed by atoms with Gasteiger partial charge in [0.1, 0.15) is 0 Å². The van der Waals surface area contributed by atoms with Crippen LogP contribution >= 0.6 is 0 Å². The van der Waals surface area contributed by atoms with E-state index in [1.807, 2.05) is 44.9 Å². The Hall–Kier alpha value is -2.14. The predicted octanol–water partition coefficient (Wildman–Crippen LogP) is 2.57. The van der Waals surface area contributed by atoms with Crippen molar-refractivity contribution in [1.82, 2.24) is 20.0 Å². The molecule has 0 bridgehead atoms. The van der Waals surface area contributed by atoms with Gasteiger partial charge in [-0.2, -0.15) is 5.10 Å². The van der Waals surface area contributed by atoms with Crippen LogP contribution in [0.15, 0.2) is 30.3 Å². The normalized spacial score (nSPS) is 11.0. The van der Waals surface area contributed by atoms with Crippen LogP contribution in [0.5, 0.6) is 0 Å². The molecule has 5 nitrogen and oxygen atoms in total. The molecule has 1 aromatic carbocycles. The molecule has 0 aliphatic heterocycles. The Bertz CT molecular complexity index is 644. The zero-order valence-electron chi connectivity index (χ0n) is 14.5. The first-order chi connectivity index (χ1) is 11.0. The van der Waals surface area contributed by atoms with Gasteiger partial charge in [-0.15, -0.1) is 0 Å². The van der Waals surface area contributed by atoms with Crippen molar-refractivity contribution in [3.8, 4) is 11.3 Å². The Morgan fingerprint density at radius 2 is 1.96 bits per heavy atom. The van der Waals surface area contributed by atoms with Gasteiger partial charge in [0, 0.05) is 32.1 Å². The van der Waals surface area contributed by atoms with Gasteiger partial charge in [0.15, 0.2) is 0 Å². The Morgan fingerprint density at radius 3 is 2.57 bits per heavy atom. The number of carbonyl (C=O) groups is 1. The maximum atomic E-state index is 11.5. The highest BCUT2D eigenvalue weighted by Crippen LogP contribution is 2.20. The highest BCUT2D eigenvalue weighted by Gasteiger charge is 2.08.